The molecule has 3 saturated carbocycles. The van der Waals surface area contributed by atoms with Crippen LogP contribution in [0.25, 0.3) is 0 Å². The number of rotatable bonds is 4. The first-order valence-electron chi connectivity index (χ1n) is 12.6. The number of fused-ring (bicyclic) bond motifs is 7. The van der Waals surface area contributed by atoms with Crippen LogP contribution in [0, 0.1) is 28.6 Å². The molecule has 0 spiro atoms. The molecule has 1 unspecified atom stereocenters. The molecule has 5 rings (SSSR count). The fourth-order valence-corrected chi connectivity index (χ4v) is 8.12. The zero-order valence-corrected chi connectivity index (χ0v) is 27.8. The number of ether oxygens (including phenoxy) is 2. The summed E-state index contributed by atoms with van der Waals surface area (Å²) < 4.78 is 21.5. The number of hydrogen-bond donors (Lipinski definition) is 5. The number of Topliss-reactive ketones (excluding diaryl/α,β-unsaturated/α-hetero) is 1. The van der Waals surface area contributed by atoms with Crippen molar-refractivity contribution in [3.8, 4) is 0 Å². The Labute approximate surface area is 270 Å². The number of hydrogen-bond acceptors (Lipinski definition) is 7. The van der Waals surface area contributed by atoms with Crippen LogP contribution in [0.4, 0.5) is 0 Å². The van der Waals surface area contributed by atoms with Gasteiger partial charge in [-0.3, -0.25) is 9.59 Å². The second-order valence-electron chi connectivity index (χ2n) is 11.2. The van der Waals surface area contributed by atoms with Crippen molar-refractivity contribution < 1.29 is 110 Å². The molecule has 5 N–H and O–H groups in total. The van der Waals surface area contributed by atoms with Crippen LogP contribution in [-0.4, -0.2) is 67.2 Å². The topological polar surface area (TPSA) is 171 Å². The van der Waals surface area contributed by atoms with Gasteiger partial charge in [0.05, 0.1) is 12.2 Å². The maximum Gasteiger partial charge on any atom is 1.00 e. The fraction of sp³-hybridized carbons (Fsp3) is 0.760. The van der Waals surface area contributed by atoms with Crippen molar-refractivity contribution in [3.05, 3.63) is 23.8 Å². The molecule has 0 amide bonds. The van der Waals surface area contributed by atoms with Gasteiger partial charge in [-0.15, -0.1) is 0 Å². The van der Waals surface area contributed by atoms with Gasteiger partial charge in [-0.25, -0.2) is 4.57 Å². The number of phosphoric acid groups is 1. The van der Waals surface area contributed by atoms with Crippen LogP contribution in [0.5, 0.6) is 0 Å². The molecule has 1 aliphatic heterocycles. The van der Waals surface area contributed by atoms with Crippen LogP contribution in [0.15, 0.2) is 23.8 Å². The minimum Gasteiger partial charge on any atom is -1.00 e. The van der Waals surface area contributed by atoms with Crippen LogP contribution in [-0.2, 0) is 23.6 Å². The van der Waals surface area contributed by atoms with Crippen LogP contribution in [0.2, 0.25) is 0 Å². The van der Waals surface area contributed by atoms with E-state index in [4.69, 9.17) is 28.7 Å². The molecule has 38 heavy (non-hydrogen) atoms. The van der Waals surface area contributed by atoms with Gasteiger partial charge >= 0.3 is 66.9 Å². The molecule has 0 radical (unpaired) electrons. The van der Waals surface area contributed by atoms with Gasteiger partial charge in [0.2, 0.25) is 0 Å². The molecule has 13 heteroatoms. The Morgan fingerprint density at radius 1 is 1.24 bits per heavy atom. The van der Waals surface area contributed by atoms with Crippen LogP contribution >= 0.6 is 7.82 Å². The van der Waals surface area contributed by atoms with E-state index in [0.29, 0.717) is 19.3 Å². The standard InChI is InChI=1S/C25H34O6.2Na.H3O4P.2H/c1-4-5-21-30-20-11-17-16-7-6-14-10-15(27)8-9-23(14,2)22(16)18(28)12-24(17,3)25(20,31-21)19(29)13-26;;;1-5(2,3)4;;/h8-10,16-18,20-22,26,28H,4-7,11-13H2,1-3H3;;;(H3,1,2,3,4);;/q;2*+1;;2*-1/t16-,17-,18-,20+,21?,22+,23-,24-,25+;;;;;/m0...../s1. The van der Waals surface area contributed by atoms with Crippen LogP contribution in [0.1, 0.15) is 62.1 Å². The number of aliphatic hydroxyl groups is 2. The summed E-state index contributed by atoms with van der Waals surface area (Å²) in [6.45, 7) is 5.67. The van der Waals surface area contributed by atoms with E-state index in [-0.39, 0.29) is 96.7 Å². The van der Waals surface area contributed by atoms with Gasteiger partial charge in [-0.1, -0.05) is 38.8 Å². The summed E-state index contributed by atoms with van der Waals surface area (Å²) in [7, 11) is -4.64. The molecule has 1 heterocycles. The minimum absolute atomic E-state index is 0. The van der Waals surface area contributed by atoms with Crippen molar-refractivity contribution in [2.24, 2.45) is 28.6 Å². The molecule has 0 aromatic carbocycles. The molecule has 0 aromatic rings. The average molecular weight is 577 g/mol. The third-order valence-electron chi connectivity index (χ3n) is 9.37. The monoisotopic (exact) mass is 576 g/mol. The zero-order chi connectivity index (χ0) is 26.7. The summed E-state index contributed by atoms with van der Waals surface area (Å²) in [5.74, 6) is 0.0274. The molecular formula is C25H39Na2O10P. The number of carbonyl (C=O) groups excluding carboxylic acids is 2. The summed E-state index contributed by atoms with van der Waals surface area (Å²) in [5.41, 5.74) is -1.05. The summed E-state index contributed by atoms with van der Waals surface area (Å²) in [6, 6.07) is 0. The Bertz CT molecular complexity index is 1030. The smallest absolute Gasteiger partial charge is 1.00 e. The van der Waals surface area contributed by atoms with E-state index >= 15 is 0 Å². The molecule has 9 atom stereocenters. The molecule has 1 saturated heterocycles. The molecule has 0 bridgehead atoms. The van der Waals surface area contributed by atoms with Crippen molar-refractivity contribution >= 4 is 19.4 Å². The number of allylic oxidation sites excluding steroid dienone is 4. The second kappa shape index (κ2) is 12.6. The third kappa shape index (κ3) is 5.84. The molecular weight excluding hydrogens is 537 g/mol. The Kier molecular flexibility index (Phi) is 11.6. The van der Waals surface area contributed by atoms with Gasteiger partial charge in [0, 0.05) is 16.7 Å². The maximum absolute atomic E-state index is 13.2. The molecule has 4 fully saturated rings. The van der Waals surface area contributed by atoms with Gasteiger partial charge in [0.15, 0.2) is 23.5 Å². The van der Waals surface area contributed by atoms with E-state index in [1.165, 1.54) is 0 Å². The predicted octanol–water partition coefficient (Wildman–Crippen LogP) is -3.98. The van der Waals surface area contributed by atoms with Crippen LogP contribution < -0.4 is 59.1 Å². The Morgan fingerprint density at radius 3 is 2.45 bits per heavy atom. The molecule has 5 aliphatic rings. The number of ketones is 2. The van der Waals surface area contributed by atoms with E-state index < -0.39 is 43.9 Å². The Balaban J connectivity index is 0.00000156. The summed E-state index contributed by atoms with van der Waals surface area (Å²) in [4.78, 5) is 46.8. The second-order valence-corrected chi connectivity index (χ2v) is 12.3. The Morgan fingerprint density at radius 2 is 1.87 bits per heavy atom. The fourth-order valence-electron chi connectivity index (χ4n) is 8.12. The van der Waals surface area contributed by atoms with Gasteiger partial charge in [-0.05, 0) is 56.1 Å². The summed E-state index contributed by atoms with van der Waals surface area (Å²) in [6.07, 6.45) is 8.31. The van der Waals surface area contributed by atoms with Gasteiger partial charge < -0.3 is 37.2 Å². The van der Waals surface area contributed by atoms with Gasteiger partial charge in [0.1, 0.15) is 6.61 Å². The van der Waals surface area contributed by atoms with E-state index in [1.54, 1.807) is 12.2 Å². The van der Waals surface area contributed by atoms with Crippen molar-refractivity contribution in [2.75, 3.05) is 6.61 Å². The maximum atomic E-state index is 13.2. The third-order valence-corrected chi connectivity index (χ3v) is 9.37. The largest absolute Gasteiger partial charge is 1.00 e. The average Bonchev–Trinajstić information content (AvgIpc) is 3.24. The molecule has 4 aliphatic carbocycles. The molecule has 10 nitrogen and oxygen atoms in total. The van der Waals surface area contributed by atoms with E-state index in [1.807, 2.05) is 6.08 Å². The Hall–Kier alpha value is 0.770. The van der Waals surface area contributed by atoms with E-state index in [2.05, 4.69) is 20.8 Å². The van der Waals surface area contributed by atoms with Gasteiger partial charge in [-0.2, -0.15) is 0 Å². The van der Waals surface area contributed by atoms with E-state index in [0.717, 1.165) is 24.8 Å². The minimum atomic E-state index is -4.64. The summed E-state index contributed by atoms with van der Waals surface area (Å²) >= 11 is 0. The normalized spacial score (nSPS) is 42.6. The van der Waals surface area contributed by atoms with Crippen molar-refractivity contribution in [1.29, 1.82) is 0 Å². The number of carbonyl (C=O) groups is 2. The van der Waals surface area contributed by atoms with E-state index in [9.17, 15) is 19.8 Å². The van der Waals surface area contributed by atoms with Crippen LogP contribution in [0.3, 0.4) is 0 Å². The number of aliphatic hydroxyl groups excluding tert-OH is 2. The SMILES string of the molecule is CCCC1O[C@@H]2C[C@H]3[C@@H]4CCC5=CC(=O)C=C[C@]5(C)[C@H]4[C@@H](O)C[C@]3(C)[C@]2(C(=O)CO)O1.O=P(O)(O)O.[H-].[H-].[Na+].[Na+]. The first-order valence-corrected chi connectivity index (χ1v) is 14.2. The zero-order valence-electron chi connectivity index (χ0n) is 24.9. The van der Waals surface area contributed by atoms with Crippen molar-refractivity contribution in [3.63, 3.8) is 0 Å². The first kappa shape index (κ1) is 35.0. The molecule has 0 aromatic heterocycles. The van der Waals surface area contributed by atoms with Crippen molar-refractivity contribution in [2.45, 2.75) is 83.4 Å². The quantitative estimate of drug-likeness (QED) is 0.164. The van der Waals surface area contributed by atoms with Gasteiger partial charge in [0.25, 0.3) is 0 Å². The molecule has 206 valence electrons. The first-order chi connectivity index (χ1) is 16.7. The summed E-state index contributed by atoms with van der Waals surface area (Å²) in [5, 5.41) is 21.4. The van der Waals surface area contributed by atoms with Crippen molar-refractivity contribution in [1.82, 2.24) is 0 Å². The predicted molar refractivity (Wildman–Crippen MR) is 129 cm³/mol.